The maximum atomic E-state index is 4.11. The van der Waals surface area contributed by atoms with Gasteiger partial charge in [0.25, 0.3) is 0 Å². The first-order valence-electron chi connectivity index (χ1n) is 7.24. The van der Waals surface area contributed by atoms with E-state index in [1.165, 1.54) is 34.9 Å². The van der Waals surface area contributed by atoms with Crippen LogP contribution in [0.15, 0.2) is 42.6 Å². The summed E-state index contributed by atoms with van der Waals surface area (Å²) in [5, 5.41) is 4.89. The first kappa shape index (κ1) is 12.5. The molecule has 19 heavy (non-hydrogen) atoms. The van der Waals surface area contributed by atoms with Crippen LogP contribution in [0.2, 0.25) is 0 Å². The molecule has 0 atom stereocenters. The number of fused-ring (bicyclic) bond motifs is 1. The fourth-order valence-electron chi connectivity index (χ4n) is 2.38. The molecule has 1 fully saturated rings. The Labute approximate surface area is 115 Å². The van der Waals surface area contributed by atoms with Crippen molar-refractivity contribution < 1.29 is 0 Å². The maximum absolute atomic E-state index is 4.11. The van der Waals surface area contributed by atoms with Gasteiger partial charge in [-0.2, -0.15) is 0 Å². The van der Waals surface area contributed by atoms with Crippen molar-refractivity contribution in [1.29, 1.82) is 0 Å². The van der Waals surface area contributed by atoms with Gasteiger partial charge in [-0.25, -0.2) is 0 Å². The molecule has 2 aromatic rings. The summed E-state index contributed by atoms with van der Waals surface area (Å²) in [7, 11) is 0. The van der Waals surface area contributed by atoms with Crippen molar-refractivity contribution in [2.45, 2.75) is 45.3 Å². The van der Waals surface area contributed by atoms with E-state index in [0.717, 1.165) is 25.6 Å². The first-order valence-corrected chi connectivity index (χ1v) is 7.24. The molecule has 100 valence electrons. The number of rotatable bonds is 6. The third-order valence-corrected chi connectivity index (χ3v) is 3.90. The van der Waals surface area contributed by atoms with E-state index >= 15 is 0 Å². The lowest BCUT2D eigenvalue weighted by molar-refractivity contribution is 0.688. The zero-order chi connectivity index (χ0) is 13.2. The fraction of sp³-hybridized carbons (Fsp3) is 0.412. The third-order valence-electron chi connectivity index (χ3n) is 3.90. The summed E-state index contributed by atoms with van der Waals surface area (Å²) in [6.07, 6.45) is 5.90. The second-order valence-corrected chi connectivity index (χ2v) is 5.60. The van der Waals surface area contributed by atoms with Crippen molar-refractivity contribution in [3.8, 4) is 0 Å². The monoisotopic (exact) mass is 254 g/mol. The van der Waals surface area contributed by atoms with Crippen LogP contribution >= 0.6 is 0 Å². The molecule has 1 heterocycles. The highest BCUT2D eigenvalue weighted by Gasteiger charge is 2.19. The number of aromatic nitrogens is 1. The Hall–Kier alpha value is -1.54. The molecular weight excluding hydrogens is 232 g/mol. The highest BCUT2D eigenvalue weighted by Crippen LogP contribution is 2.22. The molecule has 2 heteroatoms. The lowest BCUT2D eigenvalue weighted by Gasteiger charge is -2.08. The molecule has 1 aliphatic carbocycles. The van der Waals surface area contributed by atoms with Gasteiger partial charge in [-0.1, -0.05) is 31.2 Å². The molecule has 1 N–H and O–H groups in total. The largest absolute Gasteiger partial charge is 0.343 e. The van der Waals surface area contributed by atoms with Crippen molar-refractivity contribution in [3.05, 3.63) is 48.2 Å². The summed E-state index contributed by atoms with van der Waals surface area (Å²) in [6, 6.07) is 9.73. The molecule has 0 aliphatic heterocycles. The summed E-state index contributed by atoms with van der Waals surface area (Å²) >= 11 is 0. The van der Waals surface area contributed by atoms with Crippen LogP contribution in [0.3, 0.4) is 0 Å². The Bertz CT molecular complexity index is 590. The van der Waals surface area contributed by atoms with Crippen LogP contribution in [-0.4, -0.2) is 10.6 Å². The van der Waals surface area contributed by atoms with Gasteiger partial charge in [0.05, 0.1) is 0 Å². The molecule has 0 amide bonds. The van der Waals surface area contributed by atoms with Gasteiger partial charge >= 0.3 is 0 Å². The van der Waals surface area contributed by atoms with Crippen LogP contribution in [0.4, 0.5) is 0 Å². The normalized spacial score (nSPS) is 15.0. The van der Waals surface area contributed by atoms with Crippen LogP contribution in [-0.2, 0) is 13.1 Å². The van der Waals surface area contributed by atoms with Crippen molar-refractivity contribution in [1.82, 2.24) is 9.88 Å². The third kappa shape index (κ3) is 2.90. The van der Waals surface area contributed by atoms with Crippen LogP contribution < -0.4 is 5.32 Å². The Kier molecular flexibility index (Phi) is 3.43. The molecule has 2 nitrogen and oxygen atoms in total. The zero-order valence-corrected chi connectivity index (χ0v) is 11.7. The van der Waals surface area contributed by atoms with Gasteiger partial charge in [-0.3, -0.25) is 0 Å². The zero-order valence-electron chi connectivity index (χ0n) is 11.7. The standard InChI is InChI=1S/C17H22N2/c1-3-13(2)12-19-9-8-15-5-4-14(10-17(15)19)11-18-16-6-7-16/h4-5,8-10,16,18H,2-3,6-7,11-12H2,1H3. The van der Waals surface area contributed by atoms with E-state index < -0.39 is 0 Å². The van der Waals surface area contributed by atoms with Gasteiger partial charge in [0, 0.05) is 30.8 Å². The molecule has 1 saturated carbocycles. The summed E-state index contributed by atoms with van der Waals surface area (Å²) in [5.74, 6) is 0. The number of nitrogens with zero attached hydrogens (tertiary/aromatic N) is 1. The Morgan fingerprint density at radius 2 is 2.21 bits per heavy atom. The predicted octanol–water partition coefficient (Wildman–Crippen LogP) is 3.86. The highest BCUT2D eigenvalue weighted by atomic mass is 15.0. The van der Waals surface area contributed by atoms with Gasteiger partial charge in [0.2, 0.25) is 0 Å². The minimum atomic E-state index is 0.766. The SMILES string of the molecule is C=C(CC)Cn1ccc2ccc(CNC3CC3)cc21. The molecule has 1 aliphatic rings. The second-order valence-electron chi connectivity index (χ2n) is 5.60. The molecule has 0 saturated heterocycles. The van der Waals surface area contributed by atoms with Crippen LogP contribution in [0, 0.1) is 0 Å². The molecule has 1 aromatic carbocycles. The number of nitrogens with one attached hydrogen (secondary N) is 1. The topological polar surface area (TPSA) is 17.0 Å². The molecule has 0 radical (unpaired) electrons. The van der Waals surface area contributed by atoms with E-state index in [9.17, 15) is 0 Å². The molecule has 1 aromatic heterocycles. The quantitative estimate of drug-likeness (QED) is 0.775. The second kappa shape index (κ2) is 5.22. The van der Waals surface area contributed by atoms with E-state index in [2.05, 4.69) is 53.8 Å². The van der Waals surface area contributed by atoms with Crippen molar-refractivity contribution in [2.75, 3.05) is 0 Å². The minimum Gasteiger partial charge on any atom is -0.343 e. The van der Waals surface area contributed by atoms with E-state index in [0.29, 0.717) is 0 Å². The Morgan fingerprint density at radius 3 is 2.95 bits per heavy atom. The molecule has 3 rings (SSSR count). The smallest absolute Gasteiger partial charge is 0.0486 e. The van der Waals surface area contributed by atoms with E-state index in [4.69, 9.17) is 0 Å². The number of benzene rings is 1. The molecule has 0 bridgehead atoms. The minimum absolute atomic E-state index is 0.766. The molecule has 0 spiro atoms. The van der Waals surface area contributed by atoms with Gasteiger partial charge in [0.1, 0.15) is 0 Å². The summed E-state index contributed by atoms with van der Waals surface area (Å²) in [6.45, 7) is 8.19. The van der Waals surface area contributed by atoms with Crippen LogP contribution in [0.25, 0.3) is 10.9 Å². The lowest BCUT2D eigenvalue weighted by atomic mass is 10.1. The lowest BCUT2D eigenvalue weighted by Crippen LogP contribution is -2.15. The van der Waals surface area contributed by atoms with Gasteiger partial charge in [0.15, 0.2) is 0 Å². The number of hydrogen-bond donors (Lipinski definition) is 1. The maximum Gasteiger partial charge on any atom is 0.0486 e. The summed E-state index contributed by atoms with van der Waals surface area (Å²) in [5.41, 5.74) is 3.98. The first-order chi connectivity index (χ1) is 9.26. The van der Waals surface area contributed by atoms with Gasteiger partial charge in [-0.15, -0.1) is 0 Å². The van der Waals surface area contributed by atoms with Gasteiger partial charge < -0.3 is 9.88 Å². The van der Waals surface area contributed by atoms with E-state index in [1.54, 1.807) is 0 Å². The highest BCUT2D eigenvalue weighted by molar-refractivity contribution is 5.80. The van der Waals surface area contributed by atoms with Crippen LogP contribution in [0.1, 0.15) is 31.7 Å². The number of hydrogen-bond acceptors (Lipinski definition) is 1. The average molecular weight is 254 g/mol. The van der Waals surface area contributed by atoms with Gasteiger partial charge in [-0.05, 0) is 42.3 Å². The summed E-state index contributed by atoms with van der Waals surface area (Å²) in [4.78, 5) is 0. The fourth-order valence-corrected chi connectivity index (χ4v) is 2.38. The van der Waals surface area contributed by atoms with Crippen molar-refractivity contribution >= 4 is 10.9 Å². The molecule has 0 unspecified atom stereocenters. The summed E-state index contributed by atoms with van der Waals surface area (Å²) < 4.78 is 2.31. The van der Waals surface area contributed by atoms with Crippen LogP contribution in [0.5, 0.6) is 0 Å². The average Bonchev–Trinajstić information content (AvgIpc) is 3.18. The van der Waals surface area contributed by atoms with Crippen molar-refractivity contribution in [3.63, 3.8) is 0 Å². The van der Waals surface area contributed by atoms with E-state index in [1.807, 2.05) is 0 Å². The van der Waals surface area contributed by atoms with E-state index in [-0.39, 0.29) is 0 Å². The Balaban J connectivity index is 1.82. The Morgan fingerprint density at radius 1 is 1.37 bits per heavy atom. The number of allylic oxidation sites excluding steroid dienone is 1. The predicted molar refractivity (Wildman–Crippen MR) is 81.2 cm³/mol. The van der Waals surface area contributed by atoms with Crippen molar-refractivity contribution in [2.24, 2.45) is 0 Å². The molecular formula is C17H22N2.